The van der Waals surface area contributed by atoms with E-state index in [0.29, 0.717) is 0 Å². The maximum absolute atomic E-state index is 6.37. The summed E-state index contributed by atoms with van der Waals surface area (Å²) in [6.07, 6.45) is 4.35. The smallest absolute Gasteiger partial charge is 0.0895 e. The van der Waals surface area contributed by atoms with Gasteiger partial charge in [-0.1, -0.05) is 48.5 Å². The summed E-state index contributed by atoms with van der Waals surface area (Å²) in [5.41, 5.74) is 24.9. The number of anilines is 2. The van der Waals surface area contributed by atoms with Crippen molar-refractivity contribution in [1.29, 1.82) is 0 Å². The number of fused-ring (bicyclic) bond motifs is 2. The molecule has 1 aromatic heterocycles. The molecule has 0 fully saturated rings. The molecule has 1 aliphatic carbocycles. The van der Waals surface area contributed by atoms with Gasteiger partial charge in [-0.25, -0.2) is 0 Å². The van der Waals surface area contributed by atoms with Gasteiger partial charge in [0.1, 0.15) is 0 Å². The highest BCUT2D eigenvalue weighted by Crippen LogP contribution is 2.50. The van der Waals surface area contributed by atoms with Crippen LogP contribution >= 0.6 is 0 Å². The molecule has 0 aliphatic heterocycles. The average Bonchev–Trinajstić information content (AvgIpc) is 2.78. The Bertz CT molecular complexity index is 1220. The van der Waals surface area contributed by atoms with Crippen LogP contribution in [0.2, 0.25) is 0 Å². The summed E-state index contributed by atoms with van der Waals surface area (Å²) in [6, 6.07) is 17.5. The maximum Gasteiger partial charge on any atom is 0.0895 e. The second-order valence-electron chi connectivity index (χ2n) is 8.98. The molecule has 4 heteroatoms. The van der Waals surface area contributed by atoms with Crippen LogP contribution in [0.15, 0.2) is 60.9 Å². The minimum Gasteiger partial charge on any atom is -0.398 e. The molecule has 0 saturated carbocycles. The van der Waals surface area contributed by atoms with Gasteiger partial charge in [-0.2, -0.15) is 0 Å². The fraction of sp³-hybridized carbons (Fsp3) is 0.214. The molecule has 0 saturated heterocycles. The second-order valence-corrected chi connectivity index (χ2v) is 8.98. The number of hydrogen-bond acceptors (Lipinski definition) is 4. The molecule has 0 bridgehead atoms. The highest BCUT2D eigenvalue weighted by Gasteiger charge is 2.46. The Morgan fingerprint density at radius 2 is 1.22 bits per heavy atom. The molecule has 4 nitrogen and oxygen atoms in total. The number of nitrogens with two attached hydrogens (primary N) is 2. The third kappa shape index (κ3) is 2.76. The third-order valence-electron chi connectivity index (χ3n) is 6.96. The van der Waals surface area contributed by atoms with E-state index in [-0.39, 0.29) is 0 Å². The van der Waals surface area contributed by atoms with Gasteiger partial charge in [-0.15, -0.1) is 0 Å². The van der Waals surface area contributed by atoms with Crippen LogP contribution in [0, 0.1) is 27.7 Å². The first kappa shape index (κ1) is 20.3. The normalized spacial score (nSPS) is 14.0. The lowest BCUT2D eigenvalue weighted by atomic mass is 9.61. The first-order valence-electron chi connectivity index (χ1n) is 11.0. The summed E-state index contributed by atoms with van der Waals surface area (Å²) in [7, 11) is 0. The molecule has 4 aromatic rings. The van der Waals surface area contributed by atoms with Gasteiger partial charge in [0.05, 0.1) is 16.8 Å². The quantitative estimate of drug-likeness (QED) is 0.387. The van der Waals surface area contributed by atoms with Crippen LogP contribution in [0.3, 0.4) is 0 Å². The highest BCUT2D eigenvalue weighted by atomic mass is 14.8. The van der Waals surface area contributed by atoms with E-state index in [0.717, 1.165) is 62.6 Å². The minimum absolute atomic E-state index is 0.606. The van der Waals surface area contributed by atoms with Crippen molar-refractivity contribution in [3.63, 3.8) is 0 Å². The van der Waals surface area contributed by atoms with Gasteiger partial charge in [-0.3, -0.25) is 9.97 Å². The summed E-state index contributed by atoms with van der Waals surface area (Å²) in [4.78, 5) is 9.74. The van der Waals surface area contributed by atoms with Crippen LogP contribution in [0.1, 0.15) is 55.9 Å². The van der Waals surface area contributed by atoms with Crippen molar-refractivity contribution >= 4 is 11.4 Å². The van der Waals surface area contributed by atoms with Crippen LogP contribution < -0.4 is 11.5 Å². The summed E-state index contributed by atoms with van der Waals surface area (Å²) in [5.74, 6) is 0. The molecule has 0 radical (unpaired) electrons. The van der Waals surface area contributed by atoms with Gasteiger partial charge in [0.15, 0.2) is 0 Å². The lowest BCUT2D eigenvalue weighted by Gasteiger charge is -2.41. The van der Waals surface area contributed by atoms with E-state index in [1.54, 1.807) is 12.4 Å². The van der Waals surface area contributed by atoms with E-state index in [4.69, 9.17) is 21.4 Å². The Morgan fingerprint density at radius 3 is 1.78 bits per heavy atom. The van der Waals surface area contributed by atoms with Gasteiger partial charge in [-0.05, 0) is 72.2 Å². The van der Waals surface area contributed by atoms with E-state index >= 15 is 0 Å². The van der Waals surface area contributed by atoms with E-state index < -0.39 is 5.41 Å². The molecule has 1 heterocycles. The zero-order chi connectivity index (χ0) is 22.6. The molecule has 32 heavy (non-hydrogen) atoms. The van der Waals surface area contributed by atoms with Crippen LogP contribution in [0.4, 0.5) is 11.4 Å². The highest BCUT2D eigenvalue weighted by molar-refractivity contribution is 5.69. The van der Waals surface area contributed by atoms with Crippen molar-refractivity contribution in [3.05, 3.63) is 117 Å². The number of benzene rings is 3. The fourth-order valence-electron chi connectivity index (χ4n) is 5.29. The number of nitrogen functional groups attached to an aromatic ring is 2. The summed E-state index contributed by atoms with van der Waals surface area (Å²) in [5, 5.41) is 0. The van der Waals surface area contributed by atoms with Gasteiger partial charge in [0.2, 0.25) is 0 Å². The van der Waals surface area contributed by atoms with E-state index in [2.05, 4.69) is 76.2 Å². The molecular weight excluding hydrogens is 392 g/mol. The van der Waals surface area contributed by atoms with E-state index in [9.17, 15) is 0 Å². The van der Waals surface area contributed by atoms with Crippen molar-refractivity contribution in [2.24, 2.45) is 0 Å². The monoisotopic (exact) mass is 420 g/mol. The average molecular weight is 421 g/mol. The first-order chi connectivity index (χ1) is 15.3. The third-order valence-corrected chi connectivity index (χ3v) is 6.96. The zero-order valence-corrected chi connectivity index (χ0v) is 19.0. The van der Waals surface area contributed by atoms with Gasteiger partial charge in [0, 0.05) is 30.2 Å². The lowest BCUT2D eigenvalue weighted by molar-refractivity contribution is 0.658. The lowest BCUT2D eigenvalue weighted by Crippen LogP contribution is -2.38. The van der Waals surface area contributed by atoms with Crippen LogP contribution in [-0.4, -0.2) is 9.97 Å². The molecule has 3 aromatic carbocycles. The molecule has 0 atom stereocenters. The standard InChI is InChI=1S/C28H28N4/c1-16-11-21(12-17(2)25(16)29)28(22-13-18(3)26(30)19(4)14-22)23-8-6-5-7-20(23)15-24-27(28)32-10-9-31-24/h5-14H,15,29-30H2,1-4H3. The van der Waals surface area contributed by atoms with Crippen LogP contribution in [-0.2, 0) is 11.8 Å². The zero-order valence-electron chi connectivity index (χ0n) is 19.0. The van der Waals surface area contributed by atoms with Crippen LogP contribution in [0.25, 0.3) is 0 Å². The Labute approximate surface area is 189 Å². The Kier molecular flexibility index (Phi) is 4.55. The molecule has 1 aliphatic rings. The van der Waals surface area contributed by atoms with Crippen molar-refractivity contribution in [2.75, 3.05) is 11.5 Å². The topological polar surface area (TPSA) is 77.8 Å². The molecule has 0 amide bonds. The van der Waals surface area contributed by atoms with E-state index in [1.807, 2.05) is 0 Å². The van der Waals surface area contributed by atoms with Gasteiger partial charge >= 0.3 is 0 Å². The summed E-state index contributed by atoms with van der Waals surface area (Å²) >= 11 is 0. The molecule has 4 N–H and O–H groups in total. The Hall–Kier alpha value is -3.66. The second kappa shape index (κ2) is 7.20. The number of hydrogen-bond donors (Lipinski definition) is 2. The number of aryl methyl sites for hydroxylation is 4. The number of rotatable bonds is 2. The largest absolute Gasteiger partial charge is 0.398 e. The minimum atomic E-state index is -0.606. The summed E-state index contributed by atoms with van der Waals surface area (Å²) in [6.45, 7) is 8.30. The molecule has 160 valence electrons. The molecule has 0 spiro atoms. The summed E-state index contributed by atoms with van der Waals surface area (Å²) < 4.78 is 0. The van der Waals surface area contributed by atoms with Crippen molar-refractivity contribution < 1.29 is 0 Å². The van der Waals surface area contributed by atoms with Crippen molar-refractivity contribution in [1.82, 2.24) is 9.97 Å². The Morgan fingerprint density at radius 1 is 0.719 bits per heavy atom. The first-order valence-corrected chi connectivity index (χ1v) is 11.0. The predicted molar refractivity (Wildman–Crippen MR) is 131 cm³/mol. The SMILES string of the molecule is Cc1cc(C2(c3cc(C)c(N)c(C)c3)c3ccccc3Cc3nccnc32)cc(C)c1N. The maximum atomic E-state index is 6.37. The van der Waals surface area contributed by atoms with Crippen LogP contribution in [0.5, 0.6) is 0 Å². The van der Waals surface area contributed by atoms with Gasteiger partial charge in [0.25, 0.3) is 0 Å². The predicted octanol–water partition coefficient (Wildman–Crippen LogP) is 5.16. The molecule has 0 unspecified atom stereocenters. The van der Waals surface area contributed by atoms with Crippen molar-refractivity contribution in [3.8, 4) is 0 Å². The van der Waals surface area contributed by atoms with E-state index in [1.165, 1.54) is 11.1 Å². The number of nitrogens with zero attached hydrogens (tertiary/aromatic N) is 2. The Balaban J connectivity index is 2.01. The molecule has 5 rings (SSSR count). The van der Waals surface area contributed by atoms with Gasteiger partial charge < -0.3 is 11.5 Å². The fourth-order valence-corrected chi connectivity index (χ4v) is 5.29. The number of aromatic nitrogens is 2. The van der Waals surface area contributed by atoms with Crippen molar-refractivity contribution in [2.45, 2.75) is 39.5 Å². The molecular formula is C28H28N4.